The third-order valence-electron chi connectivity index (χ3n) is 3.45. The maximum Gasteiger partial charge on any atom is 0.534 e. The zero-order valence-electron chi connectivity index (χ0n) is 14.2. The van der Waals surface area contributed by atoms with Crippen molar-refractivity contribution >= 4 is 27.8 Å². The summed E-state index contributed by atoms with van der Waals surface area (Å²) in [5, 5.41) is 0.251. The third-order valence-corrected chi connectivity index (χ3v) is 4.77. The van der Waals surface area contributed by atoms with E-state index >= 15 is 0 Å². The molecule has 146 valence electrons. The van der Waals surface area contributed by atoms with Crippen molar-refractivity contribution in [2.45, 2.75) is 44.8 Å². The Bertz CT molecular complexity index is 818. The zero-order valence-corrected chi connectivity index (χ0v) is 15.8. The molecule has 0 atom stereocenters. The number of hydrogen-bond donors (Lipinski definition) is 0. The fourth-order valence-electron chi connectivity index (χ4n) is 2.33. The van der Waals surface area contributed by atoms with Gasteiger partial charge in [-0.05, 0) is 44.9 Å². The van der Waals surface area contributed by atoms with E-state index in [9.17, 15) is 26.4 Å². The molecule has 0 spiro atoms. The molecule has 1 heterocycles. The van der Waals surface area contributed by atoms with Gasteiger partial charge < -0.3 is 13.8 Å². The molecule has 0 radical (unpaired) electrons. The minimum Gasteiger partial charge on any atom is -0.444 e. The summed E-state index contributed by atoms with van der Waals surface area (Å²) in [6.45, 7) is 5.04. The van der Waals surface area contributed by atoms with Gasteiger partial charge in [-0.25, -0.2) is 4.79 Å². The van der Waals surface area contributed by atoms with Gasteiger partial charge in [0.1, 0.15) is 11.4 Å². The Morgan fingerprint density at radius 1 is 1.19 bits per heavy atom. The number of fused-ring (bicyclic) bond motifs is 1. The van der Waals surface area contributed by atoms with E-state index in [4.69, 9.17) is 16.3 Å². The number of halogens is 4. The van der Waals surface area contributed by atoms with Crippen molar-refractivity contribution in [1.82, 2.24) is 4.90 Å². The maximum atomic E-state index is 12.6. The summed E-state index contributed by atoms with van der Waals surface area (Å²) >= 11 is 6.05. The number of nitrogens with zero attached hydrogens (tertiary/aromatic N) is 1. The molecule has 0 fully saturated rings. The fraction of sp³-hybridized carbons (Fsp3) is 0.533. The minimum atomic E-state index is -5.84. The normalized spacial score (nSPS) is 15.4. The standard InChI is InChI=1S/C15H17ClF3NO5S/c1-14(2,3)24-13(21)20-7-6-9-10(8-20)12(5-4-11(9)16)25-26(22,23)15(17,18)19/h4-5H,6-8H2,1-3H3. The van der Waals surface area contributed by atoms with Crippen LogP contribution >= 0.6 is 11.6 Å². The van der Waals surface area contributed by atoms with Crippen LogP contribution in [0.15, 0.2) is 12.1 Å². The summed E-state index contributed by atoms with van der Waals surface area (Å²) in [5.41, 5.74) is -5.80. The van der Waals surface area contributed by atoms with Crippen molar-refractivity contribution in [1.29, 1.82) is 0 Å². The van der Waals surface area contributed by atoms with Crippen LogP contribution in [0.5, 0.6) is 5.75 Å². The van der Waals surface area contributed by atoms with E-state index in [0.717, 1.165) is 6.07 Å². The maximum absolute atomic E-state index is 12.6. The van der Waals surface area contributed by atoms with Crippen LogP contribution in [-0.4, -0.2) is 37.1 Å². The number of amides is 1. The van der Waals surface area contributed by atoms with Crippen molar-refractivity contribution in [3.8, 4) is 5.75 Å². The van der Waals surface area contributed by atoms with Crippen LogP contribution < -0.4 is 4.18 Å². The Labute approximate surface area is 153 Å². The molecule has 1 aromatic carbocycles. The highest BCUT2D eigenvalue weighted by atomic mass is 35.5. The van der Waals surface area contributed by atoms with Crippen LogP contribution in [0.2, 0.25) is 5.02 Å². The van der Waals surface area contributed by atoms with E-state index in [1.807, 2.05) is 0 Å². The molecule has 0 saturated heterocycles. The van der Waals surface area contributed by atoms with Crippen LogP contribution in [0.1, 0.15) is 31.9 Å². The first kappa shape index (κ1) is 20.6. The molecule has 2 rings (SSSR count). The Balaban J connectivity index is 2.35. The van der Waals surface area contributed by atoms with Gasteiger partial charge in [0, 0.05) is 17.1 Å². The predicted molar refractivity (Wildman–Crippen MR) is 87.4 cm³/mol. The van der Waals surface area contributed by atoms with Crippen molar-refractivity contribution in [3.63, 3.8) is 0 Å². The van der Waals surface area contributed by atoms with Gasteiger partial charge in [0.2, 0.25) is 0 Å². The van der Waals surface area contributed by atoms with Crippen molar-refractivity contribution in [2.24, 2.45) is 0 Å². The van der Waals surface area contributed by atoms with Gasteiger partial charge >= 0.3 is 21.7 Å². The smallest absolute Gasteiger partial charge is 0.444 e. The number of carbonyl (C=O) groups excluding carboxylic acids is 1. The van der Waals surface area contributed by atoms with Gasteiger partial charge in [-0.2, -0.15) is 21.6 Å². The minimum absolute atomic E-state index is 0.0995. The molecule has 11 heteroatoms. The van der Waals surface area contributed by atoms with E-state index in [1.54, 1.807) is 20.8 Å². The van der Waals surface area contributed by atoms with Crippen LogP contribution in [0.25, 0.3) is 0 Å². The lowest BCUT2D eigenvalue weighted by atomic mass is 9.99. The fourth-order valence-corrected chi connectivity index (χ4v) is 3.09. The van der Waals surface area contributed by atoms with Gasteiger partial charge in [-0.3, -0.25) is 0 Å². The van der Waals surface area contributed by atoms with E-state index in [1.165, 1.54) is 11.0 Å². The van der Waals surface area contributed by atoms with Gasteiger partial charge in [0.15, 0.2) is 0 Å². The Kier molecular flexibility index (Phi) is 5.40. The average Bonchev–Trinajstić information content (AvgIpc) is 2.47. The Morgan fingerprint density at radius 2 is 1.81 bits per heavy atom. The van der Waals surface area contributed by atoms with Crippen LogP contribution in [-0.2, 0) is 27.8 Å². The summed E-state index contributed by atoms with van der Waals surface area (Å²) in [4.78, 5) is 13.4. The highest BCUT2D eigenvalue weighted by molar-refractivity contribution is 7.88. The molecule has 0 aromatic heterocycles. The first-order chi connectivity index (χ1) is 11.7. The zero-order chi connectivity index (χ0) is 19.9. The Morgan fingerprint density at radius 3 is 2.35 bits per heavy atom. The molecule has 0 bridgehead atoms. The third kappa shape index (κ3) is 4.53. The predicted octanol–water partition coefficient (Wildman–Crippen LogP) is 3.86. The quantitative estimate of drug-likeness (QED) is 0.541. The molecule has 1 amide bonds. The molecule has 26 heavy (non-hydrogen) atoms. The van der Waals surface area contributed by atoms with Crippen LogP contribution in [0.4, 0.5) is 18.0 Å². The Hall–Kier alpha value is -1.68. The van der Waals surface area contributed by atoms with E-state index in [0.29, 0.717) is 5.56 Å². The molecular weight excluding hydrogens is 399 g/mol. The van der Waals surface area contributed by atoms with Crippen LogP contribution in [0.3, 0.4) is 0 Å². The molecule has 1 aliphatic heterocycles. The monoisotopic (exact) mass is 415 g/mol. The van der Waals surface area contributed by atoms with E-state index in [-0.39, 0.29) is 30.1 Å². The lowest BCUT2D eigenvalue weighted by Crippen LogP contribution is -2.40. The van der Waals surface area contributed by atoms with Crippen molar-refractivity contribution in [2.75, 3.05) is 6.54 Å². The molecule has 0 aliphatic carbocycles. The second-order valence-corrected chi connectivity index (χ2v) is 8.58. The molecule has 1 aliphatic rings. The second kappa shape index (κ2) is 6.80. The SMILES string of the molecule is CC(C)(C)OC(=O)N1CCc2c(Cl)ccc(OS(=O)(=O)C(F)(F)F)c2C1. The molecule has 0 N–H and O–H groups in total. The lowest BCUT2D eigenvalue weighted by Gasteiger charge is -2.32. The molecule has 6 nitrogen and oxygen atoms in total. The number of ether oxygens (including phenoxy) is 1. The summed E-state index contributed by atoms with van der Waals surface area (Å²) in [6.07, 6.45) is -0.454. The van der Waals surface area contributed by atoms with E-state index < -0.39 is 33.1 Å². The summed E-state index contributed by atoms with van der Waals surface area (Å²) in [7, 11) is -5.84. The highest BCUT2D eigenvalue weighted by Gasteiger charge is 2.49. The number of benzene rings is 1. The van der Waals surface area contributed by atoms with Crippen molar-refractivity contribution in [3.05, 3.63) is 28.3 Å². The summed E-state index contributed by atoms with van der Waals surface area (Å²) < 4.78 is 69.9. The molecule has 1 aromatic rings. The van der Waals surface area contributed by atoms with Gasteiger partial charge in [-0.1, -0.05) is 11.6 Å². The summed E-state index contributed by atoms with van der Waals surface area (Å²) in [5.74, 6) is -0.519. The second-order valence-electron chi connectivity index (χ2n) is 6.64. The van der Waals surface area contributed by atoms with Gasteiger partial charge in [-0.15, -0.1) is 0 Å². The van der Waals surface area contributed by atoms with Crippen LogP contribution in [0, 0.1) is 0 Å². The first-order valence-corrected chi connectivity index (χ1v) is 9.29. The largest absolute Gasteiger partial charge is 0.534 e. The number of rotatable bonds is 2. The molecule has 0 unspecified atom stereocenters. The number of carbonyl (C=O) groups is 1. The topological polar surface area (TPSA) is 72.9 Å². The molecular formula is C15H17ClF3NO5S. The number of alkyl halides is 3. The average molecular weight is 416 g/mol. The van der Waals surface area contributed by atoms with Gasteiger partial charge in [0.05, 0.1) is 6.54 Å². The summed E-state index contributed by atoms with van der Waals surface area (Å²) in [6, 6.07) is 2.29. The van der Waals surface area contributed by atoms with Gasteiger partial charge in [0.25, 0.3) is 0 Å². The van der Waals surface area contributed by atoms with E-state index in [2.05, 4.69) is 4.18 Å². The molecule has 0 saturated carbocycles. The highest BCUT2D eigenvalue weighted by Crippen LogP contribution is 2.36. The lowest BCUT2D eigenvalue weighted by molar-refractivity contribution is -0.0500. The number of hydrogen-bond acceptors (Lipinski definition) is 5. The van der Waals surface area contributed by atoms with Crippen molar-refractivity contribution < 1.29 is 35.3 Å². The first-order valence-electron chi connectivity index (χ1n) is 7.50.